The smallest absolute Gasteiger partial charge is 0.00474 e. The molecule has 0 aliphatic carbocycles. The molecule has 1 saturated heterocycles. The maximum absolute atomic E-state index is 3.64. The van der Waals surface area contributed by atoms with Gasteiger partial charge in [-0.1, -0.05) is 54.4 Å². The van der Waals surface area contributed by atoms with Crippen molar-refractivity contribution in [1.82, 2.24) is 10.2 Å². The highest BCUT2D eigenvalue weighted by Crippen LogP contribution is 2.38. The Balaban J connectivity index is 2.48. The lowest BCUT2D eigenvalue weighted by atomic mass is 9.73. The third-order valence-corrected chi connectivity index (χ3v) is 5.81. The molecular formula is C18H38N2. The maximum Gasteiger partial charge on any atom is 0.00474 e. The van der Waals surface area contributed by atoms with Crippen LogP contribution >= 0.6 is 0 Å². The van der Waals surface area contributed by atoms with Gasteiger partial charge in [-0.15, -0.1) is 0 Å². The zero-order chi connectivity index (χ0) is 15.2. The fourth-order valence-electron chi connectivity index (χ4n) is 3.43. The van der Waals surface area contributed by atoms with Gasteiger partial charge in [-0.05, 0) is 43.2 Å². The van der Waals surface area contributed by atoms with Gasteiger partial charge < -0.3 is 10.2 Å². The maximum atomic E-state index is 3.64. The third-order valence-electron chi connectivity index (χ3n) is 5.81. The van der Waals surface area contributed by atoms with Gasteiger partial charge in [-0.2, -0.15) is 0 Å². The Labute approximate surface area is 127 Å². The molecule has 1 heterocycles. The summed E-state index contributed by atoms with van der Waals surface area (Å²) in [5.41, 5.74) is 1.07. The van der Waals surface area contributed by atoms with E-state index in [9.17, 15) is 0 Å². The Morgan fingerprint density at radius 3 is 2.05 bits per heavy atom. The van der Waals surface area contributed by atoms with Crippen LogP contribution in [0.4, 0.5) is 0 Å². The fourth-order valence-corrected chi connectivity index (χ4v) is 3.43. The van der Waals surface area contributed by atoms with Gasteiger partial charge in [0.05, 0.1) is 0 Å². The number of rotatable bonds is 8. The van der Waals surface area contributed by atoms with Gasteiger partial charge in [0, 0.05) is 19.1 Å². The number of nitrogens with zero attached hydrogens (tertiary/aromatic N) is 1. The van der Waals surface area contributed by atoms with Gasteiger partial charge >= 0.3 is 0 Å². The van der Waals surface area contributed by atoms with Crippen molar-refractivity contribution in [2.24, 2.45) is 10.8 Å². The molecule has 1 aliphatic heterocycles. The molecule has 0 amide bonds. The number of hydrogen-bond acceptors (Lipinski definition) is 2. The van der Waals surface area contributed by atoms with Gasteiger partial charge in [0.15, 0.2) is 0 Å². The van der Waals surface area contributed by atoms with E-state index in [0.717, 1.165) is 6.54 Å². The van der Waals surface area contributed by atoms with Gasteiger partial charge in [0.2, 0.25) is 0 Å². The van der Waals surface area contributed by atoms with Gasteiger partial charge in [-0.3, -0.25) is 0 Å². The van der Waals surface area contributed by atoms with E-state index in [1.807, 2.05) is 0 Å². The molecule has 20 heavy (non-hydrogen) atoms. The van der Waals surface area contributed by atoms with E-state index in [2.05, 4.69) is 51.8 Å². The van der Waals surface area contributed by atoms with Crippen molar-refractivity contribution in [3.05, 3.63) is 0 Å². The molecule has 1 atom stereocenters. The first-order valence-corrected chi connectivity index (χ1v) is 8.84. The molecule has 120 valence electrons. The van der Waals surface area contributed by atoms with Crippen molar-refractivity contribution in [2.45, 2.75) is 79.7 Å². The molecule has 0 saturated carbocycles. The van der Waals surface area contributed by atoms with Gasteiger partial charge in [-0.25, -0.2) is 0 Å². The minimum atomic E-state index is 0.419. The summed E-state index contributed by atoms with van der Waals surface area (Å²) in [4.78, 5) is 2.72. The van der Waals surface area contributed by atoms with E-state index in [0.29, 0.717) is 16.9 Å². The molecule has 0 aromatic heterocycles. The summed E-state index contributed by atoms with van der Waals surface area (Å²) in [6, 6.07) is 0.593. The number of nitrogens with one attached hydrogen (secondary N) is 1. The molecular weight excluding hydrogens is 244 g/mol. The molecule has 1 unspecified atom stereocenters. The second-order valence-corrected chi connectivity index (χ2v) is 7.68. The predicted molar refractivity (Wildman–Crippen MR) is 90.2 cm³/mol. The van der Waals surface area contributed by atoms with Gasteiger partial charge in [0.25, 0.3) is 0 Å². The third kappa shape index (κ3) is 5.04. The second kappa shape index (κ2) is 7.79. The van der Waals surface area contributed by atoms with E-state index in [-0.39, 0.29) is 0 Å². The standard InChI is InChI=1S/C18H38N2/c1-7-17(6,14-19-16(4)5)15-20-12-10-18(8-2,9-3)11-13-20/h16,19H,7-15H2,1-6H3. The molecule has 0 bridgehead atoms. The number of piperidine rings is 1. The van der Waals surface area contributed by atoms with Crippen LogP contribution in [0.1, 0.15) is 73.6 Å². The molecule has 0 radical (unpaired) electrons. The van der Waals surface area contributed by atoms with E-state index < -0.39 is 0 Å². The molecule has 1 rings (SSSR count). The fraction of sp³-hybridized carbons (Fsp3) is 1.00. The molecule has 0 aromatic carbocycles. The molecule has 0 aromatic rings. The van der Waals surface area contributed by atoms with Crippen molar-refractivity contribution in [2.75, 3.05) is 26.2 Å². The van der Waals surface area contributed by atoms with Crippen LogP contribution < -0.4 is 5.32 Å². The zero-order valence-corrected chi connectivity index (χ0v) is 14.9. The molecule has 2 heteroatoms. The quantitative estimate of drug-likeness (QED) is 0.714. The molecule has 1 fully saturated rings. The summed E-state index contributed by atoms with van der Waals surface area (Å²) >= 11 is 0. The van der Waals surface area contributed by atoms with Crippen LogP contribution in [0.2, 0.25) is 0 Å². The van der Waals surface area contributed by atoms with Gasteiger partial charge in [0.1, 0.15) is 0 Å². The number of hydrogen-bond donors (Lipinski definition) is 1. The average molecular weight is 283 g/mol. The SMILES string of the molecule is CCC(C)(CNC(C)C)CN1CCC(CC)(CC)CC1. The highest BCUT2D eigenvalue weighted by atomic mass is 15.1. The van der Waals surface area contributed by atoms with Crippen LogP contribution in [0.5, 0.6) is 0 Å². The molecule has 2 nitrogen and oxygen atoms in total. The first kappa shape index (κ1) is 18.0. The van der Waals surface area contributed by atoms with Crippen molar-refractivity contribution < 1.29 is 0 Å². The summed E-state index contributed by atoms with van der Waals surface area (Å²) < 4.78 is 0. The first-order valence-electron chi connectivity index (χ1n) is 8.84. The van der Waals surface area contributed by atoms with E-state index in [1.165, 1.54) is 51.7 Å². The van der Waals surface area contributed by atoms with Crippen LogP contribution in [0.15, 0.2) is 0 Å². The minimum Gasteiger partial charge on any atom is -0.314 e. The summed E-state index contributed by atoms with van der Waals surface area (Å²) in [6.45, 7) is 19.0. The Kier molecular flexibility index (Phi) is 7.00. The van der Waals surface area contributed by atoms with Crippen molar-refractivity contribution in [3.63, 3.8) is 0 Å². The summed E-state index contributed by atoms with van der Waals surface area (Å²) in [5, 5.41) is 3.64. The lowest BCUT2D eigenvalue weighted by Crippen LogP contribution is -2.47. The second-order valence-electron chi connectivity index (χ2n) is 7.68. The Hall–Kier alpha value is -0.0800. The van der Waals surface area contributed by atoms with Crippen LogP contribution in [0.25, 0.3) is 0 Å². The Morgan fingerprint density at radius 2 is 1.65 bits per heavy atom. The lowest BCUT2D eigenvalue weighted by Gasteiger charge is -2.44. The first-order chi connectivity index (χ1) is 9.38. The number of likely N-dealkylation sites (tertiary alicyclic amines) is 1. The van der Waals surface area contributed by atoms with Crippen molar-refractivity contribution in [1.29, 1.82) is 0 Å². The summed E-state index contributed by atoms with van der Waals surface area (Å²) in [7, 11) is 0. The summed E-state index contributed by atoms with van der Waals surface area (Å²) in [5.74, 6) is 0. The van der Waals surface area contributed by atoms with E-state index >= 15 is 0 Å². The van der Waals surface area contributed by atoms with E-state index in [1.54, 1.807) is 0 Å². The highest BCUT2D eigenvalue weighted by Gasteiger charge is 2.33. The molecule has 1 N–H and O–H groups in total. The molecule has 0 spiro atoms. The van der Waals surface area contributed by atoms with Crippen LogP contribution in [-0.4, -0.2) is 37.1 Å². The normalized spacial score (nSPS) is 22.9. The Morgan fingerprint density at radius 1 is 1.10 bits per heavy atom. The van der Waals surface area contributed by atoms with E-state index in [4.69, 9.17) is 0 Å². The van der Waals surface area contributed by atoms with Crippen LogP contribution in [0, 0.1) is 10.8 Å². The Bertz CT molecular complexity index is 261. The largest absolute Gasteiger partial charge is 0.314 e. The van der Waals surface area contributed by atoms with Crippen LogP contribution in [-0.2, 0) is 0 Å². The predicted octanol–water partition coefficient (Wildman–Crippen LogP) is 4.30. The van der Waals surface area contributed by atoms with Crippen LogP contribution in [0.3, 0.4) is 0 Å². The minimum absolute atomic E-state index is 0.419. The highest BCUT2D eigenvalue weighted by molar-refractivity contribution is 4.87. The molecule has 1 aliphatic rings. The topological polar surface area (TPSA) is 15.3 Å². The zero-order valence-electron chi connectivity index (χ0n) is 14.9. The average Bonchev–Trinajstić information content (AvgIpc) is 2.46. The summed E-state index contributed by atoms with van der Waals surface area (Å²) in [6.07, 6.45) is 6.78. The van der Waals surface area contributed by atoms with Crippen molar-refractivity contribution in [3.8, 4) is 0 Å². The lowest BCUT2D eigenvalue weighted by molar-refractivity contribution is 0.0623. The monoisotopic (exact) mass is 282 g/mol. The van der Waals surface area contributed by atoms with Crippen molar-refractivity contribution >= 4 is 0 Å².